The predicted octanol–water partition coefficient (Wildman–Crippen LogP) is 5.22. The maximum atomic E-state index is 9.74. The molecule has 3 aromatic rings. The van der Waals surface area contributed by atoms with Crippen LogP contribution >= 0.6 is 0 Å². The van der Waals surface area contributed by atoms with Gasteiger partial charge in [0.1, 0.15) is 30.8 Å². The first-order chi connectivity index (χ1) is 17.1. The predicted molar refractivity (Wildman–Crippen MR) is 144 cm³/mol. The number of hydrogen-bond donors (Lipinski definition) is 3. The fraction of sp³-hybridized carbons (Fsp3) is 0.419. The van der Waals surface area contributed by atoms with Crippen molar-refractivity contribution in [2.24, 2.45) is 0 Å². The molecule has 2 unspecified atom stereocenters. The Morgan fingerprint density at radius 1 is 0.639 bits per heavy atom. The van der Waals surface area contributed by atoms with Gasteiger partial charge in [-0.3, -0.25) is 0 Å². The van der Waals surface area contributed by atoms with Gasteiger partial charge in [0.2, 0.25) is 0 Å². The summed E-state index contributed by atoms with van der Waals surface area (Å²) < 4.78 is 11.3. The number of aliphatic hydroxyl groups excluding tert-OH is 3. The first kappa shape index (κ1) is 27.7. The minimum absolute atomic E-state index is 0.0597. The lowest BCUT2D eigenvalue weighted by Gasteiger charge is -2.31. The average molecular weight is 493 g/mol. The van der Waals surface area contributed by atoms with Gasteiger partial charge in [0.15, 0.2) is 0 Å². The van der Waals surface area contributed by atoms with E-state index in [1.807, 2.05) is 43.3 Å². The molecule has 5 nitrogen and oxygen atoms in total. The topological polar surface area (TPSA) is 79.2 Å². The van der Waals surface area contributed by atoms with E-state index in [1.165, 1.54) is 16.7 Å². The molecule has 3 N–H and O–H groups in total. The van der Waals surface area contributed by atoms with E-state index >= 15 is 0 Å². The number of ether oxygens (including phenoxy) is 2. The van der Waals surface area contributed by atoms with Gasteiger partial charge >= 0.3 is 0 Å². The highest BCUT2D eigenvalue weighted by Gasteiger charge is 2.28. The lowest BCUT2D eigenvalue weighted by molar-refractivity contribution is 0.0536. The fourth-order valence-electron chi connectivity index (χ4n) is 4.12. The smallest absolute Gasteiger partial charge is 0.119 e. The molecule has 0 fully saturated rings. The van der Waals surface area contributed by atoms with Crippen LogP contribution < -0.4 is 9.47 Å². The Balaban J connectivity index is 1.78. The van der Waals surface area contributed by atoms with Crippen LogP contribution in [0.4, 0.5) is 0 Å². The first-order valence-electron chi connectivity index (χ1n) is 12.6. The minimum atomic E-state index is -0.884. The molecule has 3 aromatic carbocycles. The van der Waals surface area contributed by atoms with Gasteiger partial charge < -0.3 is 24.8 Å². The second kappa shape index (κ2) is 11.9. The molecule has 0 saturated carbocycles. The van der Waals surface area contributed by atoms with Crippen molar-refractivity contribution < 1.29 is 24.8 Å². The Kier molecular flexibility index (Phi) is 9.18. The largest absolute Gasteiger partial charge is 0.491 e. The lowest BCUT2D eigenvalue weighted by atomic mass is 9.73. The van der Waals surface area contributed by atoms with E-state index in [4.69, 9.17) is 14.6 Å². The zero-order chi connectivity index (χ0) is 26.3. The van der Waals surface area contributed by atoms with E-state index in [0.29, 0.717) is 18.8 Å². The second-order valence-electron chi connectivity index (χ2n) is 10.4. The Labute approximate surface area is 215 Å². The van der Waals surface area contributed by atoms with E-state index in [2.05, 4.69) is 64.1 Å². The maximum Gasteiger partial charge on any atom is 0.119 e. The molecule has 3 rings (SSSR count). The van der Waals surface area contributed by atoms with Gasteiger partial charge in [-0.05, 0) is 52.9 Å². The molecule has 0 aliphatic heterocycles. The van der Waals surface area contributed by atoms with Crippen molar-refractivity contribution in [3.8, 4) is 11.5 Å². The molecule has 0 saturated heterocycles. The van der Waals surface area contributed by atoms with Crippen LogP contribution in [0.1, 0.15) is 63.3 Å². The van der Waals surface area contributed by atoms with Crippen molar-refractivity contribution in [2.75, 3.05) is 19.8 Å². The van der Waals surface area contributed by atoms with Crippen molar-refractivity contribution >= 4 is 0 Å². The van der Waals surface area contributed by atoms with Crippen LogP contribution in [-0.4, -0.2) is 47.3 Å². The van der Waals surface area contributed by atoms with Gasteiger partial charge in [0.25, 0.3) is 0 Å². The quantitative estimate of drug-likeness (QED) is 0.323. The van der Waals surface area contributed by atoms with Crippen LogP contribution in [0, 0.1) is 0 Å². The van der Waals surface area contributed by atoms with Gasteiger partial charge in [-0.2, -0.15) is 0 Å². The zero-order valence-electron chi connectivity index (χ0n) is 22.1. The Bertz CT molecular complexity index is 1000. The third-order valence-corrected chi connectivity index (χ3v) is 7.02. The summed E-state index contributed by atoms with van der Waals surface area (Å²) in [7, 11) is 0. The van der Waals surface area contributed by atoms with Crippen molar-refractivity contribution in [1.29, 1.82) is 0 Å². The van der Waals surface area contributed by atoms with Gasteiger partial charge in [-0.25, -0.2) is 0 Å². The summed E-state index contributed by atoms with van der Waals surface area (Å²) in [5.74, 6) is 1.42. The van der Waals surface area contributed by atoms with Crippen LogP contribution in [-0.2, 0) is 10.8 Å². The third kappa shape index (κ3) is 6.67. The van der Waals surface area contributed by atoms with Crippen LogP contribution in [0.25, 0.3) is 0 Å². The summed E-state index contributed by atoms with van der Waals surface area (Å²) >= 11 is 0. The molecule has 0 aliphatic rings. The van der Waals surface area contributed by atoms with Crippen LogP contribution in [0.15, 0.2) is 72.8 Å². The normalized spacial score (nSPS) is 13.8. The summed E-state index contributed by atoms with van der Waals surface area (Å²) in [5, 5.41) is 28.2. The molecule has 2 atom stereocenters. The SMILES string of the molecule is CCC(O)COc1ccc(C(C)(C)c2cccc(C(C)(C)c3ccc(OCC(O)CO)cc3)c2)cc1. The average Bonchev–Trinajstić information content (AvgIpc) is 2.90. The van der Waals surface area contributed by atoms with E-state index < -0.39 is 12.2 Å². The van der Waals surface area contributed by atoms with E-state index in [9.17, 15) is 10.2 Å². The van der Waals surface area contributed by atoms with Crippen LogP contribution in [0.5, 0.6) is 11.5 Å². The van der Waals surface area contributed by atoms with E-state index in [0.717, 1.165) is 11.3 Å². The highest BCUT2D eigenvalue weighted by Crippen LogP contribution is 2.37. The molecular formula is C31H40O5. The minimum Gasteiger partial charge on any atom is -0.491 e. The van der Waals surface area contributed by atoms with Crippen molar-refractivity contribution in [3.63, 3.8) is 0 Å². The number of benzene rings is 3. The molecule has 5 heteroatoms. The second-order valence-corrected chi connectivity index (χ2v) is 10.4. The molecule has 0 aliphatic carbocycles. The van der Waals surface area contributed by atoms with Gasteiger partial charge in [-0.1, -0.05) is 83.1 Å². The molecule has 0 heterocycles. The molecule has 0 spiro atoms. The lowest BCUT2D eigenvalue weighted by Crippen LogP contribution is -2.23. The van der Waals surface area contributed by atoms with Crippen molar-refractivity contribution in [2.45, 2.75) is 64.1 Å². The summed E-state index contributed by atoms with van der Waals surface area (Å²) in [6, 6.07) is 24.8. The summed E-state index contributed by atoms with van der Waals surface area (Å²) in [6.45, 7) is 10.8. The summed E-state index contributed by atoms with van der Waals surface area (Å²) in [6.07, 6.45) is -0.662. The number of rotatable bonds is 12. The maximum absolute atomic E-state index is 9.74. The summed E-state index contributed by atoms with van der Waals surface area (Å²) in [4.78, 5) is 0. The van der Waals surface area contributed by atoms with Crippen molar-refractivity contribution in [1.82, 2.24) is 0 Å². The molecule has 0 amide bonds. The number of aliphatic hydroxyl groups is 3. The highest BCUT2D eigenvalue weighted by molar-refractivity contribution is 5.46. The van der Waals surface area contributed by atoms with Gasteiger partial charge in [-0.15, -0.1) is 0 Å². The Morgan fingerprint density at radius 3 is 1.44 bits per heavy atom. The standard InChI is InChI=1S/C31H40O5/c1-6-26(33)20-35-28-14-10-22(11-15-28)30(2,3)24-8-7-9-25(18-24)31(4,5)23-12-16-29(17-13-23)36-21-27(34)19-32/h7-18,26-27,32-34H,6,19-21H2,1-5H3. The van der Waals surface area contributed by atoms with E-state index in [-0.39, 0.29) is 24.0 Å². The Morgan fingerprint density at radius 2 is 1.06 bits per heavy atom. The Hall–Kier alpha value is -2.86. The van der Waals surface area contributed by atoms with Gasteiger partial charge in [0, 0.05) is 10.8 Å². The molecular weight excluding hydrogens is 452 g/mol. The fourth-order valence-corrected chi connectivity index (χ4v) is 4.12. The molecule has 0 radical (unpaired) electrons. The van der Waals surface area contributed by atoms with Crippen LogP contribution in [0.3, 0.4) is 0 Å². The van der Waals surface area contributed by atoms with Crippen LogP contribution in [0.2, 0.25) is 0 Å². The van der Waals surface area contributed by atoms with Gasteiger partial charge in [0.05, 0.1) is 12.7 Å². The molecule has 0 bridgehead atoms. The molecule has 194 valence electrons. The zero-order valence-corrected chi connectivity index (χ0v) is 22.1. The van der Waals surface area contributed by atoms with Crippen molar-refractivity contribution in [3.05, 3.63) is 95.1 Å². The first-order valence-corrected chi connectivity index (χ1v) is 12.6. The third-order valence-electron chi connectivity index (χ3n) is 7.02. The molecule has 0 aromatic heterocycles. The number of hydrogen-bond acceptors (Lipinski definition) is 5. The van der Waals surface area contributed by atoms with E-state index in [1.54, 1.807) is 0 Å². The molecule has 36 heavy (non-hydrogen) atoms. The monoisotopic (exact) mass is 492 g/mol. The highest BCUT2D eigenvalue weighted by atomic mass is 16.5. The summed E-state index contributed by atoms with van der Waals surface area (Å²) in [5.41, 5.74) is 4.34.